The summed E-state index contributed by atoms with van der Waals surface area (Å²) in [6.45, 7) is 2.10. The summed E-state index contributed by atoms with van der Waals surface area (Å²) in [4.78, 5) is 14.4. The number of nitrogens with one attached hydrogen (secondary N) is 1. The van der Waals surface area contributed by atoms with Crippen LogP contribution in [0, 0.1) is 6.92 Å². The average Bonchev–Trinajstić information content (AvgIpc) is 3.44. The Morgan fingerprint density at radius 3 is 2.76 bits per heavy atom. The maximum absolute atomic E-state index is 12.9. The fourth-order valence-corrected chi connectivity index (χ4v) is 4.36. The molecule has 1 N–H and O–H groups in total. The summed E-state index contributed by atoms with van der Waals surface area (Å²) in [5.41, 5.74) is 1.71. The lowest BCUT2D eigenvalue weighted by Gasteiger charge is -2.11. The summed E-state index contributed by atoms with van der Waals surface area (Å²) in [6, 6.07) is 15.7. The Hall–Kier alpha value is -3.43. The van der Waals surface area contributed by atoms with Crippen LogP contribution in [0.1, 0.15) is 17.2 Å². The number of rotatable bonds is 5. The Balaban J connectivity index is 1.29. The Kier molecular flexibility index (Phi) is 5.51. The second-order valence-corrected chi connectivity index (χ2v) is 8.95. The van der Waals surface area contributed by atoms with Gasteiger partial charge in [0.05, 0.1) is 11.4 Å². The molecule has 0 saturated carbocycles. The van der Waals surface area contributed by atoms with Crippen molar-refractivity contribution in [3.63, 3.8) is 0 Å². The molecule has 3 heterocycles. The van der Waals surface area contributed by atoms with E-state index in [0.29, 0.717) is 28.0 Å². The second-order valence-electron chi connectivity index (χ2n) is 7.65. The van der Waals surface area contributed by atoms with Crippen molar-refractivity contribution in [2.24, 2.45) is 7.05 Å². The fourth-order valence-electron chi connectivity index (χ4n) is 3.69. The zero-order chi connectivity index (χ0) is 23.1. The number of nitrogens with zero attached hydrogens (tertiary/aromatic N) is 3. The second kappa shape index (κ2) is 8.49. The van der Waals surface area contributed by atoms with Gasteiger partial charge >= 0.3 is 0 Å². The fraction of sp³-hybridized carbons (Fsp3) is 0.125. The lowest BCUT2D eigenvalue weighted by atomic mass is 10.1. The van der Waals surface area contributed by atoms with E-state index in [4.69, 9.17) is 21.4 Å². The van der Waals surface area contributed by atoms with Crippen LogP contribution in [-0.2, 0) is 18.4 Å². The Morgan fingerprint density at radius 1 is 1.18 bits per heavy atom. The number of hydrogen-bond donors (Lipinski definition) is 1. The predicted octanol–water partition coefficient (Wildman–Crippen LogP) is 5.08. The van der Waals surface area contributed by atoms with Crippen molar-refractivity contribution in [1.82, 2.24) is 15.1 Å². The third-order valence-electron chi connectivity index (χ3n) is 5.23. The predicted molar refractivity (Wildman–Crippen MR) is 134 cm³/mol. The van der Waals surface area contributed by atoms with Crippen LogP contribution in [0.2, 0.25) is 0 Å². The molecule has 1 aliphatic heterocycles. The van der Waals surface area contributed by atoms with Crippen molar-refractivity contribution in [3.05, 3.63) is 82.1 Å². The first-order chi connectivity index (χ1) is 15.9. The molecule has 0 atom stereocenters. The van der Waals surface area contributed by atoms with Crippen molar-refractivity contribution >= 4 is 61.7 Å². The molecule has 0 unspecified atom stereocenters. The van der Waals surface area contributed by atoms with Crippen molar-refractivity contribution in [3.8, 4) is 5.75 Å². The van der Waals surface area contributed by atoms with Crippen LogP contribution in [0.5, 0.6) is 5.75 Å². The molecular formula is C24H19BrN4O3S. The van der Waals surface area contributed by atoms with Crippen molar-refractivity contribution < 1.29 is 13.9 Å². The van der Waals surface area contributed by atoms with E-state index in [9.17, 15) is 4.79 Å². The number of aryl methyl sites for hydroxylation is 2. The van der Waals surface area contributed by atoms with E-state index in [1.807, 2.05) is 43.3 Å². The molecule has 1 aliphatic rings. The van der Waals surface area contributed by atoms with Crippen LogP contribution in [0.25, 0.3) is 16.8 Å². The summed E-state index contributed by atoms with van der Waals surface area (Å²) >= 11 is 8.85. The van der Waals surface area contributed by atoms with Crippen LogP contribution in [-0.4, -0.2) is 20.8 Å². The number of thiocarbonyl (C=S) groups is 1. The number of hydrogen-bond acceptors (Lipinski definition) is 5. The highest BCUT2D eigenvalue weighted by atomic mass is 79.9. The monoisotopic (exact) mass is 522 g/mol. The van der Waals surface area contributed by atoms with Gasteiger partial charge in [-0.1, -0.05) is 28.1 Å². The van der Waals surface area contributed by atoms with Crippen LogP contribution in [0.15, 0.2) is 69.3 Å². The van der Waals surface area contributed by atoms with Gasteiger partial charge in [-0.2, -0.15) is 5.10 Å². The van der Waals surface area contributed by atoms with Gasteiger partial charge in [0.1, 0.15) is 29.6 Å². The lowest BCUT2D eigenvalue weighted by molar-refractivity contribution is -0.113. The van der Waals surface area contributed by atoms with Crippen molar-refractivity contribution in [2.75, 3.05) is 4.90 Å². The molecule has 7 nitrogen and oxygen atoms in total. The van der Waals surface area contributed by atoms with Gasteiger partial charge < -0.3 is 14.5 Å². The Morgan fingerprint density at radius 2 is 1.97 bits per heavy atom. The first-order valence-electron chi connectivity index (χ1n) is 10.2. The van der Waals surface area contributed by atoms with Gasteiger partial charge in [0.15, 0.2) is 5.11 Å². The number of anilines is 1. The average molecular weight is 523 g/mol. The van der Waals surface area contributed by atoms with Crippen LogP contribution in [0.3, 0.4) is 0 Å². The normalized spacial score (nSPS) is 15.0. The molecule has 2 aromatic carbocycles. The maximum Gasteiger partial charge on any atom is 0.281 e. The zero-order valence-corrected chi connectivity index (χ0v) is 20.2. The Bertz CT molecular complexity index is 1440. The summed E-state index contributed by atoms with van der Waals surface area (Å²) in [7, 11) is 1.80. The van der Waals surface area contributed by atoms with E-state index >= 15 is 0 Å². The first kappa shape index (κ1) is 21.4. The standard InChI is InChI=1S/C24H19BrN4O3S/c1-14-22(12-28(2)27-14)29-23(30)21(26-24(29)33)11-19-7-8-20(32-19)13-31-18-6-4-15-9-17(25)5-3-16(15)10-18/h3-12H,13H2,1-2H3,(H,26,33)/b21-11+. The lowest BCUT2D eigenvalue weighted by Crippen LogP contribution is -2.30. The van der Waals surface area contributed by atoms with Crippen LogP contribution >= 0.6 is 28.1 Å². The minimum absolute atomic E-state index is 0.256. The smallest absolute Gasteiger partial charge is 0.281 e. The minimum Gasteiger partial charge on any atom is -0.486 e. The van der Waals surface area contributed by atoms with Crippen LogP contribution in [0.4, 0.5) is 5.69 Å². The molecule has 0 bridgehead atoms. The van der Waals surface area contributed by atoms with Gasteiger partial charge in [0.25, 0.3) is 5.91 Å². The van der Waals surface area contributed by atoms with E-state index in [1.165, 1.54) is 4.90 Å². The molecule has 1 fully saturated rings. The molecule has 0 aliphatic carbocycles. The van der Waals surface area contributed by atoms with Gasteiger partial charge in [0.2, 0.25) is 0 Å². The maximum atomic E-state index is 12.9. The quantitative estimate of drug-likeness (QED) is 0.291. The SMILES string of the molecule is Cc1nn(C)cc1N1C(=O)/C(=C\c2ccc(COc3ccc4cc(Br)ccc4c3)o2)NC1=S. The number of halogens is 1. The first-order valence-corrected chi connectivity index (χ1v) is 11.4. The number of furan rings is 1. The van der Waals surface area contributed by atoms with E-state index in [0.717, 1.165) is 26.7 Å². The molecule has 0 radical (unpaired) electrons. The number of benzene rings is 2. The van der Waals surface area contributed by atoms with E-state index in [1.54, 1.807) is 30.1 Å². The molecule has 33 heavy (non-hydrogen) atoms. The highest BCUT2D eigenvalue weighted by Crippen LogP contribution is 2.27. The number of carbonyl (C=O) groups excluding carboxylic acids is 1. The van der Waals surface area contributed by atoms with Crippen LogP contribution < -0.4 is 15.0 Å². The molecule has 0 spiro atoms. The molecule has 1 saturated heterocycles. The molecule has 1 amide bonds. The molecule has 2 aromatic heterocycles. The molecule has 5 rings (SSSR count). The van der Waals surface area contributed by atoms with Gasteiger partial charge in [-0.15, -0.1) is 0 Å². The largest absolute Gasteiger partial charge is 0.486 e. The highest BCUT2D eigenvalue weighted by Gasteiger charge is 2.34. The number of amides is 1. The summed E-state index contributed by atoms with van der Waals surface area (Å²) in [6.07, 6.45) is 3.40. The summed E-state index contributed by atoms with van der Waals surface area (Å²) < 4.78 is 14.4. The van der Waals surface area contributed by atoms with Crippen molar-refractivity contribution in [2.45, 2.75) is 13.5 Å². The third kappa shape index (κ3) is 4.29. The molecule has 9 heteroatoms. The summed E-state index contributed by atoms with van der Waals surface area (Å²) in [5, 5.41) is 9.78. The highest BCUT2D eigenvalue weighted by molar-refractivity contribution is 9.10. The number of fused-ring (bicyclic) bond motifs is 1. The van der Waals surface area contributed by atoms with E-state index in [-0.39, 0.29) is 12.5 Å². The summed E-state index contributed by atoms with van der Waals surface area (Å²) in [5.74, 6) is 1.67. The van der Waals surface area contributed by atoms with Gasteiger partial charge in [-0.05, 0) is 66.3 Å². The van der Waals surface area contributed by atoms with Gasteiger partial charge in [-0.3, -0.25) is 9.48 Å². The van der Waals surface area contributed by atoms with Crippen molar-refractivity contribution in [1.29, 1.82) is 0 Å². The van der Waals surface area contributed by atoms with Gasteiger partial charge in [-0.25, -0.2) is 4.90 Å². The number of ether oxygens (including phenoxy) is 1. The Labute approximate surface area is 203 Å². The minimum atomic E-state index is -0.256. The molecular weight excluding hydrogens is 504 g/mol. The topological polar surface area (TPSA) is 72.5 Å². The van der Waals surface area contributed by atoms with Gasteiger partial charge in [0, 0.05) is 23.8 Å². The number of aromatic nitrogens is 2. The third-order valence-corrected chi connectivity index (χ3v) is 6.01. The molecule has 166 valence electrons. The molecule has 4 aromatic rings. The zero-order valence-electron chi connectivity index (χ0n) is 17.8. The van der Waals surface area contributed by atoms with E-state index < -0.39 is 0 Å². The van der Waals surface area contributed by atoms with E-state index in [2.05, 4.69) is 32.4 Å². The number of carbonyl (C=O) groups is 1.